The Morgan fingerprint density at radius 2 is 2.58 bits per heavy atom. The molecule has 4 nitrogen and oxygen atoms in total. The quantitative estimate of drug-likeness (QED) is 0.688. The van der Waals surface area contributed by atoms with Crippen LogP contribution in [0, 0.1) is 0 Å². The molecule has 0 aromatic heterocycles. The highest BCUT2D eigenvalue weighted by molar-refractivity contribution is 5.81. The van der Waals surface area contributed by atoms with Crippen LogP contribution in [0.25, 0.3) is 0 Å². The van der Waals surface area contributed by atoms with Crippen LogP contribution in [-0.2, 0) is 9.53 Å². The van der Waals surface area contributed by atoms with Crippen LogP contribution in [0.1, 0.15) is 26.2 Å². The number of hydrogen-bond acceptors (Lipinski definition) is 3. The molecule has 1 rings (SSSR count). The van der Waals surface area contributed by atoms with Crippen LogP contribution in [0.2, 0.25) is 0 Å². The summed E-state index contributed by atoms with van der Waals surface area (Å²) < 4.78 is 5.35. The van der Waals surface area contributed by atoms with Gasteiger partial charge in [0.1, 0.15) is 6.10 Å². The maximum atomic E-state index is 10.2. The highest BCUT2D eigenvalue weighted by Gasteiger charge is 2.17. The number of carboxylic acid groups (broad SMARTS) is 1. The third-order valence-corrected chi connectivity index (χ3v) is 1.78. The highest BCUT2D eigenvalue weighted by atomic mass is 16.5. The molecular weight excluding hydrogens is 158 g/mol. The largest absolute Gasteiger partial charge is 0.481 e. The zero-order valence-electron chi connectivity index (χ0n) is 7.12. The molecule has 0 bridgehead atoms. The number of ether oxygens (including phenoxy) is 1. The van der Waals surface area contributed by atoms with Crippen molar-refractivity contribution in [3.8, 4) is 0 Å². The minimum Gasteiger partial charge on any atom is -0.481 e. The second kappa shape index (κ2) is 4.09. The summed E-state index contributed by atoms with van der Waals surface area (Å²) in [5.41, 5.74) is 0. The molecular formula is C8H13NO3. The van der Waals surface area contributed by atoms with Gasteiger partial charge in [0.2, 0.25) is 0 Å². The summed E-state index contributed by atoms with van der Waals surface area (Å²) in [5, 5.41) is 8.39. The maximum Gasteiger partial charge on any atom is 0.303 e. The first-order valence-electron chi connectivity index (χ1n) is 4.14. The van der Waals surface area contributed by atoms with Crippen molar-refractivity contribution in [2.75, 3.05) is 6.54 Å². The number of nitrogens with zero attached hydrogens (tertiary/aromatic N) is 1. The zero-order valence-corrected chi connectivity index (χ0v) is 7.12. The van der Waals surface area contributed by atoms with Crippen molar-refractivity contribution in [2.45, 2.75) is 32.3 Å². The molecule has 0 saturated carbocycles. The SMILES string of the molecule is CCC1CN=C(CCC(=O)O)O1. The van der Waals surface area contributed by atoms with E-state index in [1.54, 1.807) is 0 Å². The molecule has 0 spiro atoms. The van der Waals surface area contributed by atoms with Crippen molar-refractivity contribution in [3.05, 3.63) is 0 Å². The van der Waals surface area contributed by atoms with Gasteiger partial charge in [0.25, 0.3) is 0 Å². The van der Waals surface area contributed by atoms with Crippen LogP contribution < -0.4 is 0 Å². The zero-order chi connectivity index (χ0) is 8.97. The Hall–Kier alpha value is -1.06. The van der Waals surface area contributed by atoms with E-state index in [-0.39, 0.29) is 12.5 Å². The first-order valence-corrected chi connectivity index (χ1v) is 4.14. The number of carboxylic acids is 1. The van der Waals surface area contributed by atoms with Gasteiger partial charge in [0.05, 0.1) is 13.0 Å². The second-order valence-electron chi connectivity index (χ2n) is 2.78. The van der Waals surface area contributed by atoms with Crippen molar-refractivity contribution < 1.29 is 14.6 Å². The number of carbonyl (C=O) groups is 1. The van der Waals surface area contributed by atoms with Gasteiger partial charge in [-0.3, -0.25) is 9.79 Å². The van der Waals surface area contributed by atoms with E-state index in [0.29, 0.717) is 18.9 Å². The predicted octanol–water partition coefficient (Wildman–Crippen LogP) is 1.06. The molecule has 1 N–H and O–H groups in total. The van der Waals surface area contributed by atoms with Crippen LogP contribution in [-0.4, -0.2) is 29.6 Å². The van der Waals surface area contributed by atoms with E-state index >= 15 is 0 Å². The molecule has 0 aromatic carbocycles. The number of aliphatic carboxylic acids is 1. The van der Waals surface area contributed by atoms with Gasteiger partial charge in [-0.2, -0.15) is 0 Å². The normalized spacial score (nSPS) is 21.8. The molecule has 0 aromatic rings. The Kier molecular flexibility index (Phi) is 3.08. The molecule has 0 aliphatic carbocycles. The Morgan fingerprint density at radius 3 is 3.08 bits per heavy atom. The standard InChI is InChI=1S/C8H13NO3/c1-2-6-5-9-7(12-6)3-4-8(10)11/h6H,2-5H2,1H3,(H,10,11). The minimum absolute atomic E-state index is 0.106. The molecule has 0 radical (unpaired) electrons. The summed E-state index contributed by atoms with van der Waals surface area (Å²) in [6.45, 7) is 2.71. The third-order valence-electron chi connectivity index (χ3n) is 1.78. The van der Waals surface area contributed by atoms with Gasteiger partial charge in [0.15, 0.2) is 5.90 Å². The predicted molar refractivity (Wildman–Crippen MR) is 44.3 cm³/mol. The van der Waals surface area contributed by atoms with Crippen LogP contribution in [0.5, 0.6) is 0 Å². The Bertz CT molecular complexity index is 200. The van der Waals surface area contributed by atoms with Crippen LogP contribution in [0.3, 0.4) is 0 Å². The summed E-state index contributed by atoms with van der Waals surface area (Å²) in [5.74, 6) is -0.203. The fraction of sp³-hybridized carbons (Fsp3) is 0.750. The molecule has 1 unspecified atom stereocenters. The minimum atomic E-state index is -0.804. The Labute approximate surface area is 71.3 Å². The van der Waals surface area contributed by atoms with E-state index in [1.807, 2.05) is 6.92 Å². The fourth-order valence-electron chi connectivity index (χ4n) is 1.03. The fourth-order valence-corrected chi connectivity index (χ4v) is 1.03. The summed E-state index contributed by atoms with van der Waals surface area (Å²) in [4.78, 5) is 14.3. The maximum absolute atomic E-state index is 10.2. The van der Waals surface area contributed by atoms with Crippen molar-refractivity contribution in [1.29, 1.82) is 0 Å². The van der Waals surface area contributed by atoms with E-state index in [9.17, 15) is 4.79 Å². The van der Waals surface area contributed by atoms with Gasteiger partial charge in [0, 0.05) is 6.42 Å². The first-order chi connectivity index (χ1) is 5.72. The molecule has 0 fully saturated rings. The van der Waals surface area contributed by atoms with E-state index in [2.05, 4.69) is 4.99 Å². The molecule has 1 aliphatic rings. The van der Waals surface area contributed by atoms with Gasteiger partial charge in [-0.05, 0) is 6.42 Å². The van der Waals surface area contributed by atoms with Crippen molar-refractivity contribution in [3.63, 3.8) is 0 Å². The van der Waals surface area contributed by atoms with Crippen LogP contribution >= 0.6 is 0 Å². The second-order valence-corrected chi connectivity index (χ2v) is 2.78. The first kappa shape index (κ1) is 9.03. The highest BCUT2D eigenvalue weighted by Crippen LogP contribution is 2.10. The lowest BCUT2D eigenvalue weighted by Crippen LogP contribution is -2.12. The molecule has 0 saturated heterocycles. The van der Waals surface area contributed by atoms with E-state index in [4.69, 9.17) is 9.84 Å². The van der Waals surface area contributed by atoms with Gasteiger partial charge < -0.3 is 9.84 Å². The average molecular weight is 171 g/mol. The lowest BCUT2D eigenvalue weighted by molar-refractivity contribution is -0.136. The van der Waals surface area contributed by atoms with Crippen molar-refractivity contribution in [2.24, 2.45) is 4.99 Å². The van der Waals surface area contributed by atoms with Crippen LogP contribution in [0.15, 0.2) is 4.99 Å². The summed E-state index contributed by atoms with van der Waals surface area (Å²) in [6.07, 6.45) is 1.63. The van der Waals surface area contributed by atoms with Crippen molar-refractivity contribution in [1.82, 2.24) is 0 Å². The topological polar surface area (TPSA) is 58.9 Å². The van der Waals surface area contributed by atoms with E-state index < -0.39 is 5.97 Å². The molecule has 1 atom stereocenters. The molecule has 1 heterocycles. The van der Waals surface area contributed by atoms with Crippen molar-refractivity contribution >= 4 is 11.9 Å². The summed E-state index contributed by atoms with van der Waals surface area (Å²) in [6, 6.07) is 0. The molecule has 12 heavy (non-hydrogen) atoms. The molecule has 68 valence electrons. The molecule has 0 amide bonds. The average Bonchev–Trinajstić information content (AvgIpc) is 2.48. The lowest BCUT2D eigenvalue weighted by Gasteiger charge is -2.06. The van der Waals surface area contributed by atoms with Gasteiger partial charge in [-0.15, -0.1) is 0 Å². The monoisotopic (exact) mass is 171 g/mol. The van der Waals surface area contributed by atoms with E-state index in [1.165, 1.54) is 0 Å². The third kappa shape index (κ3) is 2.53. The van der Waals surface area contributed by atoms with Gasteiger partial charge in [-0.1, -0.05) is 6.92 Å². The smallest absolute Gasteiger partial charge is 0.303 e. The van der Waals surface area contributed by atoms with E-state index in [0.717, 1.165) is 6.42 Å². The van der Waals surface area contributed by atoms with Gasteiger partial charge in [-0.25, -0.2) is 0 Å². The molecule has 4 heteroatoms. The number of aliphatic imine (C=N–C) groups is 1. The Morgan fingerprint density at radius 1 is 1.83 bits per heavy atom. The molecule has 1 aliphatic heterocycles. The van der Waals surface area contributed by atoms with Crippen LogP contribution in [0.4, 0.5) is 0 Å². The number of rotatable bonds is 4. The van der Waals surface area contributed by atoms with Gasteiger partial charge >= 0.3 is 5.97 Å². The summed E-state index contributed by atoms with van der Waals surface area (Å²) in [7, 11) is 0. The number of hydrogen-bond donors (Lipinski definition) is 1. The lowest BCUT2D eigenvalue weighted by atomic mass is 10.3. The Balaban J connectivity index is 2.23. The summed E-state index contributed by atoms with van der Waals surface area (Å²) >= 11 is 0.